The minimum atomic E-state index is -0.115. The number of aryl methyl sites for hydroxylation is 1. The first-order valence-corrected chi connectivity index (χ1v) is 4.81. The van der Waals surface area contributed by atoms with Gasteiger partial charge in [0.25, 0.3) is 0 Å². The van der Waals surface area contributed by atoms with Crippen LogP contribution in [0.1, 0.15) is 23.0 Å². The lowest BCUT2D eigenvalue weighted by atomic mass is 10.2. The van der Waals surface area contributed by atoms with E-state index in [2.05, 4.69) is 9.97 Å². The molecule has 2 heterocycles. The number of nitrogens with zero attached hydrogens (tertiary/aromatic N) is 3. The van der Waals surface area contributed by atoms with E-state index in [0.29, 0.717) is 11.3 Å². The van der Waals surface area contributed by atoms with E-state index in [1.165, 1.54) is 6.20 Å². The molecule has 2 N–H and O–H groups in total. The van der Waals surface area contributed by atoms with Crippen molar-refractivity contribution >= 4 is 11.6 Å². The molecule has 0 aliphatic heterocycles. The number of imidazole rings is 1. The second-order valence-electron chi connectivity index (χ2n) is 3.26. The fraction of sp³-hybridized carbons (Fsp3) is 0.300. The Morgan fingerprint density at radius 3 is 3.00 bits per heavy atom. The Morgan fingerprint density at radius 1 is 1.53 bits per heavy atom. The number of ketones is 1. The van der Waals surface area contributed by atoms with Gasteiger partial charge in [0.2, 0.25) is 5.78 Å². The normalized spacial score (nSPS) is 10.8. The third-order valence-corrected chi connectivity index (χ3v) is 2.23. The second kappa shape index (κ2) is 3.78. The number of rotatable bonds is 3. The summed E-state index contributed by atoms with van der Waals surface area (Å²) in [4.78, 5) is 19.7. The van der Waals surface area contributed by atoms with Crippen LogP contribution in [0, 0.1) is 0 Å². The van der Waals surface area contributed by atoms with E-state index in [-0.39, 0.29) is 12.3 Å². The molecule has 2 aromatic rings. The van der Waals surface area contributed by atoms with Crippen molar-refractivity contribution in [2.24, 2.45) is 5.73 Å². The van der Waals surface area contributed by atoms with Crippen LogP contribution in [0.15, 0.2) is 18.6 Å². The Labute approximate surface area is 87.0 Å². The van der Waals surface area contributed by atoms with E-state index in [0.717, 1.165) is 12.1 Å². The third kappa shape index (κ3) is 1.73. The number of carbonyl (C=O) groups excluding carboxylic acids is 1. The summed E-state index contributed by atoms with van der Waals surface area (Å²) in [6.45, 7) is 2.02. The summed E-state index contributed by atoms with van der Waals surface area (Å²) in [5.74, 6) is 0.497. The summed E-state index contributed by atoms with van der Waals surface area (Å²) >= 11 is 0. The van der Waals surface area contributed by atoms with Gasteiger partial charge in [-0.3, -0.25) is 9.20 Å². The summed E-state index contributed by atoms with van der Waals surface area (Å²) in [5, 5.41) is 0. The summed E-state index contributed by atoms with van der Waals surface area (Å²) in [6.07, 6.45) is 5.94. The minimum Gasteiger partial charge on any atom is -0.324 e. The first kappa shape index (κ1) is 9.79. The van der Waals surface area contributed by atoms with Crippen LogP contribution >= 0.6 is 0 Å². The molecular weight excluding hydrogens is 192 g/mol. The highest BCUT2D eigenvalue weighted by molar-refractivity contribution is 5.97. The number of nitrogens with two attached hydrogens (primary N) is 1. The maximum atomic E-state index is 11.3. The van der Waals surface area contributed by atoms with Crippen LogP contribution in [-0.2, 0) is 6.42 Å². The van der Waals surface area contributed by atoms with Crippen molar-refractivity contribution in [3.63, 3.8) is 0 Å². The van der Waals surface area contributed by atoms with Gasteiger partial charge < -0.3 is 5.73 Å². The van der Waals surface area contributed by atoms with E-state index >= 15 is 0 Å². The zero-order valence-electron chi connectivity index (χ0n) is 8.47. The van der Waals surface area contributed by atoms with Gasteiger partial charge in [-0.25, -0.2) is 9.97 Å². The molecule has 0 spiro atoms. The molecule has 0 aromatic carbocycles. The van der Waals surface area contributed by atoms with E-state index in [1.54, 1.807) is 10.6 Å². The number of carbonyl (C=O) groups is 1. The smallest absolute Gasteiger partial charge is 0.233 e. The van der Waals surface area contributed by atoms with Gasteiger partial charge in [0.15, 0.2) is 5.78 Å². The van der Waals surface area contributed by atoms with Crippen LogP contribution in [0.3, 0.4) is 0 Å². The molecule has 0 aliphatic rings. The Balaban J connectivity index is 2.50. The number of Topliss-reactive ketones (excluding diaryl/α,β-unsaturated/α-hetero) is 1. The van der Waals surface area contributed by atoms with Gasteiger partial charge in [-0.1, -0.05) is 6.92 Å². The Hall–Kier alpha value is -1.75. The molecule has 5 heteroatoms. The average molecular weight is 204 g/mol. The zero-order valence-corrected chi connectivity index (χ0v) is 8.47. The predicted octanol–water partition coefficient (Wildman–Crippen LogP) is 0.433. The number of hydrogen-bond donors (Lipinski definition) is 1. The maximum absolute atomic E-state index is 11.3. The molecule has 0 aliphatic carbocycles. The summed E-state index contributed by atoms with van der Waals surface area (Å²) < 4.78 is 1.75. The second-order valence-corrected chi connectivity index (χ2v) is 3.26. The molecule has 0 saturated carbocycles. The summed E-state index contributed by atoms with van der Waals surface area (Å²) in [7, 11) is 0. The van der Waals surface area contributed by atoms with Crippen LogP contribution in [0.4, 0.5) is 0 Å². The standard InChI is InChI=1S/C10H12N4O/c1-2-8-6-14-5-7(9(15)3-11)4-12-10(14)13-8/h4-6H,2-3,11H2,1H3. The highest BCUT2D eigenvalue weighted by Crippen LogP contribution is 2.05. The van der Waals surface area contributed by atoms with Crippen molar-refractivity contribution in [1.29, 1.82) is 0 Å². The van der Waals surface area contributed by atoms with Gasteiger partial charge in [0.05, 0.1) is 17.8 Å². The molecule has 2 rings (SSSR count). The minimum absolute atomic E-state index is 0.00250. The average Bonchev–Trinajstić information content (AvgIpc) is 2.69. The fourth-order valence-electron chi connectivity index (χ4n) is 1.37. The number of fused-ring (bicyclic) bond motifs is 1. The van der Waals surface area contributed by atoms with Crippen LogP contribution in [0.25, 0.3) is 5.78 Å². The van der Waals surface area contributed by atoms with Gasteiger partial charge in [-0.05, 0) is 6.42 Å². The first-order chi connectivity index (χ1) is 7.24. The largest absolute Gasteiger partial charge is 0.324 e. The molecule has 0 saturated heterocycles. The third-order valence-electron chi connectivity index (χ3n) is 2.23. The van der Waals surface area contributed by atoms with Crippen LogP contribution in [-0.4, -0.2) is 26.7 Å². The lowest BCUT2D eigenvalue weighted by molar-refractivity contribution is 0.100. The summed E-state index contributed by atoms with van der Waals surface area (Å²) in [6, 6.07) is 0. The monoisotopic (exact) mass is 204 g/mol. The number of aromatic nitrogens is 3. The molecule has 0 radical (unpaired) electrons. The lowest BCUT2D eigenvalue weighted by Crippen LogP contribution is -2.14. The molecule has 0 fully saturated rings. The Kier molecular flexibility index (Phi) is 2.47. The molecule has 15 heavy (non-hydrogen) atoms. The number of hydrogen-bond acceptors (Lipinski definition) is 4. The van der Waals surface area contributed by atoms with Crippen molar-refractivity contribution in [2.45, 2.75) is 13.3 Å². The van der Waals surface area contributed by atoms with Crippen molar-refractivity contribution < 1.29 is 4.79 Å². The maximum Gasteiger partial charge on any atom is 0.233 e. The van der Waals surface area contributed by atoms with Gasteiger partial charge in [-0.2, -0.15) is 0 Å². The van der Waals surface area contributed by atoms with E-state index in [1.807, 2.05) is 13.1 Å². The van der Waals surface area contributed by atoms with Gasteiger partial charge in [0.1, 0.15) is 0 Å². The van der Waals surface area contributed by atoms with Crippen molar-refractivity contribution in [1.82, 2.24) is 14.4 Å². The van der Waals surface area contributed by atoms with Gasteiger partial charge in [0, 0.05) is 18.6 Å². The molecule has 5 nitrogen and oxygen atoms in total. The quantitative estimate of drug-likeness (QED) is 0.736. The van der Waals surface area contributed by atoms with E-state index < -0.39 is 0 Å². The first-order valence-electron chi connectivity index (χ1n) is 4.81. The Bertz CT molecular complexity index is 503. The molecule has 0 amide bonds. The van der Waals surface area contributed by atoms with Crippen molar-refractivity contribution in [3.05, 3.63) is 29.8 Å². The predicted molar refractivity (Wildman–Crippen MR) is 55.7 cm³/mol. The highest BCUT2D eigenvalue weighted by atomic mass is 16.1. The van der Waals surface area contributed by atoms with Crippen LogP contribution < -0.4 is 5.73 Å². The summed E-state index contributed by atoms with van der Waals surface area (Å²) in [5.41, 5.74) is 6.75. The molecule has 0 bridgehead atoms. The molecule has 2 aromatic heterocycles. The zero-order chi connectivity index (χ0) is 10.8. The van der Waals surface area contributed by atoms with Gasteiger partial charge >= 0.3 is 0 Å². The van der Waals surface area contributed by atoms with Crippen molar-refractivity contribution in [2.75, 3.05) is 6.54 Å². The topological polar surface area (TPSA) is 73.3 Å². The lowest BCUT2D eigenvalue weighted by Gasteiger charge is -1.97. The van der Waals surface area contributed by atoms with Gasteiger partial charge in [-0.15, -0.1) is 0 Å². The van der Waals surface area contributed by atoms with Crippen molar-refractivity contribution in [3.8, 4) is 0 Å². The van der Waals surface area contributed by atoms with Crippen LogP contribution in [0.2, 0.25) is 0 Å². The fourth-order valence-corrected chi connectivity index (χ4v) is 1.37. The molecular formula is C10H12N4O. The molecule has 0 atom stereocenters. The van der Waals surface area contributed by atoms with E-state index in [9.17, 15) is 4.79 Å². The molecule has 0 unspecified atom stereocenters. The van der Waals surface area contributed by atoms with E-state index in [4.69, 9.17) is 5.73 Å². The molecule has 78 valence electrons. The SMILES string of the molecule is CCc1cn2cc(C(=O)CN)cnc2n1. The highest BCUT2D eigenvalue weighted by Gasteiger charge is 2.06. The Morgan fingerprint density at radius 2 is 2.33 bits per heavy atom. The van der Waals surface area contributed by atoms with Crippen LogP contribution in [0.5, 0.6) is 0 Å².